The highest BCUT2D eigenvalue weighted by Gasteiger charge is 2.03. The zero-order valence-corrected chi connectivity index (χ0v) is 16.6. The van der Waals surface area contributed by atoms with E-state index in [1.54, 1.807) is 6.20 Å². The van der Waals surface area contributed by atoms with Crippen LogP contribution >= 0.6 is 39.7 Å². The van der Waals surface area contributed by atoms with Gasteiger partial charge in [0.1, 0.15) is 5.82 Å². The number of nitrogens with one attached hydrogen (secondary N) is 2. The Kier molecular flexibility index (Phi) is 5.73. The number of aromatic nitrogens is 2. The number of rotatable bonds is 4. The van der Waals surface area contributed by atoms with Crippen LogP contribution in [0.3, 0.4) is 0 Å². The predicted octanol–water partition coefficient (Wildman–Crippen LogP) is 5.08. The van der Waals surface area contributed by atoms with Crippen LogP contribution < -0.4 is 10.6 Å². The molecule has 0 aliphatic heterocycles. The van der Waals surface area contributed by atoms with Gasteiger partial charge >= 0.3 is 0 Å². The van der Waals surface area contributed by atoms with Gasteiger partial charge in [0.05, 0.1) is 5.02 Å². The SMILES string of the molecule is Cc1nccn1-c1ccc(CNC(=S)Nc2ccc(Br)c(Cl)c2)cc1. The Balaban J connectivity index is 1.57. The highest BCUT2D eigenvalue weighted by molar-refractivity contribution is 9.10. The largest absolute Gasteiger partial charge is 0.358 e. The molecule has 4 nitrogen and oxygen atoms in total. The van der Waals surface area contributed by atoms with E-state index in [1.807, 2.05) is 35.9 Å². The normalized spacial score (nSPS) is 10.5. The van der Waals surface area contributed by atoms with Crippen molar-refractivity contribution in [2.45, 2.75) is 13.5 Å². The maximum Gasteiger partial charge on any atom is 0.171 e. The fourth-order valence-corrected chi connectivity index (χ4v) is 2.97. The molecule has 0 unspecified atom stereocenters. The number of thiocarbonyl (C=S) groups is 1. The molecule has 0 fully saturated rings. The average molecular weight is 436 g/mol. The summed E-state index contributed by atoms with van der Waals surface area (Å²) in [6, 6.07) is 13.9. The van der Waals surface area contributed by atoms with E-state index in [2.05, 4.69) is 55.8 Å². The molecule has 128 valence electrons. The van der Waals surface area contributed by atoms with Gasteiger partial charge in [-0.3, -0.25) is 0 Å². The lowest BCUT2D eigenvalue weighted by molar-refractivity contribution is 0.920. The van der Waals surface area contributed by atoms with E-state index in [9.17, 15) is 0 Å². The molecule has 0 radical (unpaired) electrons. The quantitative estimate of drug-likeness (QED) is 0.561. The van der Waals surface area contributed by atoms with Crippen molar-refractivity contribution >= 4 is 50.5 Å². The molecule has 0 atom stereocenters. The third-order valence-electron chi connectivity index (χ3n) is 3.67. The molecule has 3 rings (SSSR count). The number of nitrogens with zero attached hydrogens (tertiary/aromatic N) is 2. The van der Waals surface area contributed by atoms with Crippen LogP contribution in [0.1, 0.15) is 11.4 Å². The fraction of sp³-hybridized carbons (Fsp3) is 0.111. The van der Waals surface area contributed by atoms with Gasteiger partial charge in [0.15, 0.2) is 5.11 Å². The van der Waals surface area contributed by atoms with Crippen LogP contribution in [0.2, 0.25) is 5.02 Å². The Bertz CT molecular complexity index is 892. The molecule has 25 heavy (non-hydrogen) atoms. The second kappa shape index (κ2) is 7.99. The summed E-state index contributed by atoms with van der Waals surface area (Å²) >= 11 is 14.8. The molecule has 0 saturated carbocycles. The molecule has 2 N–H and O–H groups in total. The Morgan fingerprint density at radius 3 is 2.64 bits per heavy atom. The Morgan fingerprint density at radius 1 is 1.24 bits per heavy atom. The van der Waals surface area contributed by atoms with Gasteiger partial charge in [0, 0.05) is 34.8 Å². The van der Waals surface area contributed by atoms with Crippen LogP contribution in [0, 0.1) is 6.92 Å². The molecule has 0 aliphatic carbocycles. The van der Waals surface area contributed by atoms with Gasteiger partial charge in [-0.25, -0.2) is 4.98 Å². The van der Waals surface area contributed by atoms with Gasteiger partial charge < -0.3 is 15.2 Å². The van der Waals surface area contributed by atoms with E-state index in [1.165, 1.54) is 0 Å². The summed E-state index contributed by atoms with van der Waals surface area (Å²) in [6.45, 7) is 2.62. The molecule has 7 heteroatoms. The van der Waals surface area contributed by atoms with E-state index in [0.717, 1.165) is 27.2 Å². The zero-order chi connectivity index (χ0) is 17.8. The predicted molar refractivity (Wildman–Crippen MR) is 111 cm³/mol. The Morgan fingerprint density at radius 2 is 2.00 bits per heavy atom. The summed E-state index contributed by atoms with van der Waals surface area (Å²) in [6.07, 6.45) is 3.74. The van der Waals surface area contributed by atoms with Crippen molar-refractivity contribution < 1.29 is 0 Å². The number of halogens is 2. The molecule has 1 heterocycles. The second-order valence-electron chi connectivity index (χ2n) is 5.45. The van der Waals surface area contributed by atoms with Crippen molar-refractivity contribution in [3.05, 3.63) is 75.7 Å². The first-order valence-electron chi connectivity index (χ1n) is 7.62. The topological polar surface area (TPSA) is 41.9 Å². The molecule has 0 aliphatic rings. The van der Waals surface area contributed by atoms with E-state index in [4.69, 9.17) is 23.8 Å². The minimum atomic E-state index is 0.549. The van der Waals surface area contributed by atoms with E-state index in [0.29, 0.717) is 16.7 Å². The number of hydrogen-bond donors (Lipinski definition) is 2. The zero-order valence-electron chi connectivity index (χ0n) is 13.5. The number of benzene rings is 2. The smallest absolute Gasteiger partial charge is 0.171 e. The van der Waals surface area contributed by atoms with Gasteiger partial charge in [-0.15, -0.1) is 0 Å². The molecule has 0 bridgehead atoms. The fourth-order valence-electron chi connectivity index (χ4n) is 2.36. The molecule has 2 aromatic carbocycles. The summed E-state index contributed by atoms with van der Waals surface area (Å²) < 4.78 is 2.90. The lowest BCUT2D eigenvalue weighted by atomic mass is 10.2. The van der Waals surface area contributed by atoms with Gasteiger partial charge in [0.2, 0.25) is 0 Å². The van der Waals surface area contributed by atoms with Crippen LogP contribution in [0.15, 0.2) is 59.3 Å². The maximum atomic E-state index is 6.08. The summed E-state index contributed by atoms with van der Waals surface area (Å²) in [5.41, 5.74) is 3.07. The minimum absolute atomic E-state index is 0.549. The third-order valence-corrected chi connectivity index (χ3v) is 5.15. The van der Waals surface area contributed by atoms with Crippen molar-refractivity contribution in [2.75, 3.05) is 5.32 Å². The monoisotopic (exact) mass is 434 g/mol. The molecular weight excluding hydrogens is 420 g/mol. The number of imidazole rings is 1. The van der Waals surface area contributed by atoms with Gasteiger partial charge in [-0.2, -0.15) is 0 Å². The second-order valence-corrected chi connectivity index (χ2v) is 7.12. The van der Waals surface area contributed by atoms with Crippen molar-refractivity contribution in [3.63, 3.8) is 0 Å². The first-order valence-corrected chi connectivity index (χ1v) is 9.20. The third kappa shape index (κ3) is 4.60. The number of hydrogen-bond acceptors (Lipinski definition) is 2. The summed E-state index contributed by atoms with van der Waals surface area (Å²) in [7, 11) is 0. The lowest BCUT2D eigenvalue weighted by Crippen LogP contribution is -2.27. The van der Waals surface area contributed by atoms with E-state index >= 15 is 0 Å². The summed E-state index contributed by atoms with van der Waals surface area (Å²) in [5, 5.41) is 7.50. The summed E-state index contributed by atoms with van der Waals surface area (Å²) in [5.74, 6) is 0.962. The molecular formula is C18H16BrClN4S. The van der Waals surface area contributed by atoms with E-state index < -0.39 is 0 Å². The van der Waals surface area contributed by atoms with Crippen LogP contribution in [-0.4, -0.2) is 14.7 Å². The van der Waals surface area contributed by atoms with Crippen LogP contribution in [0.4, 0.5) is 5.69 Å². The van der Waals surface area contributed by atoms with Crippen molar-refractivity contribution in [2.24, 2.45) is 0 Å². The van der Waals surface area contributed by atoms with Crippen molar-refractivity contribution in [1.82, 2.24) is 14.9 Å². The number of aryl methyl sites for hydroxylation is 1. The molecule has 3 aromatic rings. The first-order chi connectivity index (χ1) is 12.0. The minimum Gasteiger partial charge on any atom is -0.358 e. The van der Waals surface area contributed by atoms with Gasteiger partial charge in [0.25, 0.3) is 0 Å². The molecule has 1 aromatic heterocycles. The standard InChI is InChI=1S/C18H16BrClN4S/c1-12-21-8-9-24(12)15-5-2-13(3-6-15)11-22-18(25)23-14-4-7-16(19)17(20)10-14/h2-10H,11H2,1H3,(H2,22,23,25). The molecule has 0 amide bonds. The Labute approximate surface area is 165 Å². The van der Waals surface area contributed by atoms with Crippen molar-refractivity contribution in [3.8, 4) is 5.69 Å². The van der Waals surface area contributed by atoms with Gasteiger partial charge in [-0.1, -0.05) is 23.7 Å². The maximum absolute atomic E-state index is 6.08. The average Bonchev–Trinajstić information content (AvgIpc) is 3.03. The molecule has 0 spiro atoms. The highest BCUT2D eigenvalue weighted by atomic mass is 79.9. The van der Waals surface area contributed by atoms with Crippen LogP contribution in [-0.2, 0) is 6.54 Å². The Hall–Kier alpha value is -1.89. The van der Waals surface area contributed by atoms with Crippen LogP contribution in [0.25, 0.3) is 5.69 Å². The first kappa shape index (κ1) is 17.9. The van der Waals surface area contributed by atoms with E-state index in [-0.39, 0.29) is 0 Å². The van der Waals surface area contributed by atoms with Crippen LogP contribution in [0.5, 0.6) is 0 Å². The molecule has 0 saturated heterocycles. The van der Waals surface area contributed by atoms with Crippen molar-refractivity contribution in [1.29, 1.82) is 0 Å². The summed E-state index contributed by atoms with van der Waals surface area (Å²) in [4.78, 5) is 4.24. The highest BCUT2D eigenvalue weighted by Crippen LogP contribution is 2.25. The lowest BCUT2D eigenvalue weighted by Gasteiger charge is -2.12. The van der Waals surface area contributed by atoms with Gasteiger partial charge in [-0.05, 0) is 71.0 Å². The number of anilines is 1.